The van der Waals surface area contributed by atoms with E-state index in [2.05, 4.69) is 0 Å². The van der Waals surface area contributed by atoms with E-state index in [1.54, 1.807) is 6.92 Å². The van der Waals surface area contributed by atoms with Crippen molar-refractivity contribution in [3.63, 3.8) is 0 Å². The fraction of sp³-hybridized carbons (Fsp3) is 0.650. The first-order valence-corrected chi connectivity index (χ1v) is 9.76. The summed E-state index contributed by atoms with van der Waals surface area (Å²) >= 11 is 0. The molecule has 11 nitrogen and oxygen atoms in total. The summed E-state index contributed by atoms with van der Waals surface area (Å²) in [6.45, 7) is 2.14. The van der Waals surface area contributed by atoms with Crippen LogP contribution >= 0.6 is 0 Å². The molecule has 11 heteroatoms. The summed E-state index contributed by atoms with van der Waals surface area (Å²) in [6.07, 6.45) is -8.75. The third kappa shape index (κ3) is 5.83. The maximum Gasteiger partial charge on any atom is 0.338 e. The average molecular weight is 446 g/mol. The molecule has 1 aliphatic heterocycles. The van der Waals surface area contributed by atoms with Gasteiger partial charge in [-0.1, -0.05) is 13.0 Å². The number of aliphatic hydroxyl groups is 6. The molecule has 1 aliphatic rings. The first-order valence-electron chi connectivity index (χ1n) is 9.76. The quantitative estimate of drug-likeness (QED) is 0.242. The van der Waals surface area contributed by atoms with Crippen LogP contribution in [0.3, 0.4) is 0 Å². The summed E-state index contributed by atoms with van der Waals surface area (Å²) in [5, 5.41) is 58.9. The lowest BCUT2D eigenvalue weighted by Gasteiger charge is -2.39. The predicted molar refractivity (Wildman–Crippen MR) is 104 cm³/mol. The molecule has 1 saturated heterocycles. The van der Waals surface area contributed by atoms with Gasteiger partial charge in [-0.05, 0) is 31.0 Å². The zero-order valence-electron chi connectivity index (χ0n) is 17.5. The van der Waals surface area contributed by atoms with E-state index >= 15 is 0 Å². The number of esters is 1. The second-order valence-electron chi connectivity index (χ2n) is 7.52. The number of carbonyl (C=O) groups is 1. The number of rotatable bonds is 9. The van der Waals surface area contributed by atoms with E-state index in [9.17, 15) is 35.4 Å². The number of carbonyl (C=O) groups excluding carboxylic acids is 1. The van der Waals surface area contributed by atoms with E-state index in [0.717, 1.165) is 0 Å². The Bertz CT molecular complexity index is 736. The smallest absolute Gasteiger partial charge is 0.338 e. The Morgan fingerprint density at radius 2 is 1.87 bits per heavy atom. The van der Waals surface area contributed by atoms with Gasteiger partial charge >= 0.3 is 5.97 Å². The van der Waals surface area contributed by atoms with Crippen LogP contribution in [0.15, 0.2) is 18.2 Å². The monoisotopic (exact) mass is 446 g/mol. The predicted octanol–water partition coefficient (Wildman–Crippen LogP) is -1.56. The van der Waals surface area contributed by atoms with Crippen LogP contribution in [-0.4, -0.2) is 92.7 Å². The topological polar surface area (TPSA) is 175 Å². The average Bonchev–Trinajstić information content (AvgIpc) is 2.77. The molecule has 0 bridgehead atoms. The Hall–Kier alpha value is -1.99. The van der Waals surface area contributed by atoms with Crippen molar-refractivity contribution < 1.29 is 54.4 Å². The van der Waals surface area contributed by atoms with Crippen molar-refractivity contribution >= 4 is 5.97 Å². The molecule has 31 heavy (non-hydrogen) atoms. The van der Waals surface area contributed by atoms with Crippen LogP contribution in [0.4, 0.5) is 0 Å². The maximum absolute atomic E-state index is 12.0. The van der Waals surface area contributed by atoms with Crippen LogP contribution in [0, 0.1) is 0 Å². The van der Waals surface area contributed by atoms with E-state index in [1.165, 1.54) is 32.2 Å². The molecule has 1 aromatic carbocycles. The molecule has 0 aromatic heterocycles. The fourth-order valence-corrected chi connectivity index (χ4v) is 2.87. The van der Waals surface area contributed by atoms with Gasteiger partial charge < -0.3 is 49.6 Å². The van der Waals surface area contributed by atoms with E-state index in [-0.39, 0.29) is 24.5 Å². The van der Waals surface area contributed by atoms with Gasteiger partial charge in [0.15, 0.2) is 17.6 Å². The minimum Gasteiger partial charge on any atom is -0.493 e. The van der Waals surface area contributed by atoms with Gasteiger partial charge in [0, 0.05) is 0 Å². The molecule has 0 amide bonds. The summed E-state index contributed by atoms with van der Waals surface area (Å²) < 4.78 is 21.1. The van der Waals surface area contributed by atoms with E-state index in [4.69, 9.17) is 18.9 Å². The highest BCUT2D eigenvalue weighted by Gasteiger charge is 2.45. The van der Waals surface area contributed by atoms with Crippen molar-refractivity contribution in [2.75, 3.05) is 13.7 Å². The highest BCUT2D eigenvalue weighted by atomic mass is 16.7. The van der Waals surface area contributed by atoms with E-state index < -0.39 is 55.0 Å². The molecule has 176 valence electrons. The zero-order valence-corrected chi connectivity index (χ0v) is 17.5. The van der Waals surface area contributed by atoms with Crippen molar-refractivity contribution in [1.29, 1.82) is 0 Å². The fourth-order valence-electron chi connectivity index (χ4n) is 2.87. The highest BCUT2D eigenvalue weighted by molar-refractivity contribution is 5.75. The van der Waals surface area contributed by atoms with Crippen LogP contribution < -0.4 is 9.47 Å². The molecular formula is C20H30O11. The van der Waals surface area contributed by atoms with Gasteiger partial charge in [0.2, 0.25) is 6.29 Å². The van der Waals surface area contributed by atoms with Crippen LogP contribution in [0.1, 0.15) is 25.8 Å². The second-order valence-corrected chi connectivity index (χ2v) is 7.52. The molecule has 6 N–H and O–H groups in total. The Balaban J connectivity index is 2.07. The molecule has 7 atom stereocenters. The highest BCUT2D eigenvalue weighted by Crippen LogP contribution is 2.32. The summed E-state index contributed by atoms with van der Waals surface area (Å²) in [6, 6.07) is 4.46. The molecule has 0 saturated carbocycles. The molecule has 2 rings (SSSR count). The lowest BCUT2D eigenvalue weighted by molar-refractivity contribution is -0.277. The maximum atomic E-state index is 12.0. The van der Waals surface area contributed by atoms with Gasteiger partial charge in [-0.3, -0.25) is 0 Å². The molecule has 2 unspecified atom stereocenters. The first-order chi connectivity index (χ1) is 14.5. The third-order valence-corrected chi connectivity index (χ3v) is 5.23. The third-order valence-electron chi connectivity index (χ3n) is 5.23. The van der Waals surface area contributed by atoms with Gasteiger partial charge in [-0.25, -0.2) is 4.79 Å². The van der Waals surface area contributed by atoms with Gasteiger partial charge in [-0.15, -0.1) is 0 Å². The number of benzene rings is 1. The Kier molecular flexibility index (Phi) is 8.60. The van der Waals surface area contributed by atoms with Crippen molar-refractivity contribution in [3.8, 4) is 11.5 Å². The Labute approximate surface area is 179 Å². The standard InChI is InChI=1S/C20H30O11/c1-4-20(2,27)17(25)18(26)29-9-10-5-6-11(12(7-10)28-3)30-19-16(24)15(23)14(22)13(8-21)31-19/h5-7,13-17,19,21-25,27H,4,8-9H2,1-3H3/t13-,14-,15+,16-,17?,19-,20?/m1/s1. The lowest BCUT2D eigenvalue weighted by Crippen LogP contribution is -2.60. The lowest BCUT2D eigenvalue weighted by atomic mass is 9.96. The molecule has 1 fully saturated rings. The number of hydrogen-bond donors (Lipinski definition) is 6. The SMILES string of the molecule is CCC(C)(O)C(O)C(=O)OCc1ccc(O[C@@H]2O[C@H](CO)[C@@H](O)[C@H](O)[C@H]2O)c(OC)c1. The summed E-state index contributed by atoms with van der Waals surface area (Å²) in [7, 11) is 1.35. The van der Waals surface area contributed by atoms with Crippen molar-refractivity contribution in [3.05, 3.63) is 23.8 Å². The molecule has 1 heterocycles. The normalized spacial score (nSPS) is 29.0. The Morgan fingerprint density at radius 1 is 1.19 bits per heavy atom. The number of ether oxygens (including phenoxy) is 4. The van der Waals surface area contributed by atoms with Gasteiger partial charge in [0.05, 0.1) is 19.3 Å². The minimum atomic E-state index is -1.70. The van der Waals surface area contributed by atoms with Crippen molar-refractivity contribution in [2.24, 2.45) is 0 Å². The van der Waals surface area contributed by atoms with Crippen LogP contribution in [-0.2, 0) is 20.9 Å². The van der Waals surface area contributed by atoms with Crippen molar-refractivity contribution in [1.82, 2.24) is 0 Å². The summed E-state index contributed by atoms with van der Waals surface area (Å²) in [5.74, 6) is -0.671. The second kappa shape index (κ2) is 10.6. The van der Waals surface area contributed by atoms with Crippen molar-refractivity contribution in [2.45, 2.75) is 69.3 Å². The largest absolute Gasteiger partial charge is 0.493 e. The van der Waals surface area contributed by atoms with Gasteiger partial charge in [0.25, 0.3) is 0 Å². The van der Waals surface area contributed by atoms with Gasteiger partial charge in [0.1, 0.15) is 31.0 Å². The molecule has 0 radical (unpaired) electrons. The van der Waals surface area contributed by atoms with E-state index in [1.807, 2.05) is 0 Å². The summed E-state index contributed by atoms with van der Waals surface area (Å²) in [4.78, 5) is 12.0. The van der Waals surface area contributed by atoms with Crippen LogP contribution in [0.25, 0.3) is 0 Å². The molecule has 0 spiro atoms. The zero-order chi connectivity index (χ0) is 23.3. The van der Waals surface area contributed by atoms with Crippen LogP contribution in [0.5, 0.6) is 11.5 Å². The molecule has 0 aliphatic carbocycles. The number of hydrogen-bond acceptors (Lipinski definition) is 11. The molecular weight excluding hydrogens is 416 g/mol. The Morgan fingerprint density at radius 3 is 2.45 bits per heavy atom. The van der Waals surface area contributed by atoms with E-state index in [0.29, 0.717) is 5.56 Å². The first kappa shape index (κ1) is 25.3. The minimum absolute atomic E-state index is 0.121. The van der Waals surface area contributed by atoms with Crippen LogP contribution in [0.2, 0.25) is 0 Å². The van der Waals surface area contributed by atoms with Gasteiger partial charge in [-0.2, -0.15) is 0 Å². The number of methoxy groups -OCH3 is 1. The molecule has 1 aromatic rings. The number of aliphatic hydroxyl groups excluding tert-OH is 5. The summed E-state index contributed by atoms with van der Waals surface area (Å²) in [5.41, 5.74) is -1.13.